The normalized spacial score (nSPS) is 9.88. The molecule has 0 fully saturated rings. The van der Waals surface area contributed by atoms with Gasteiger partial charge in [-0.15, -0.1) is 0 Å². The molecule has 1 aromatic carbocycles. The summed E-state index contributed by atoms with van der Waals surface area (Å²) < 4.78 is 15.5. The minimum Gasteiger partial charge on any atom is -0.493 e. The molecule has 0 aliphatic carbocycles. The van der Waals surface area contributed by atoms with Gasteiger partial charge in [-0.1, -0.05) is 0 Å². The molecule has 0 unspecified atom stereocenters. The molecule has 0 atom stereocenters. The summed E-state index contributed by atoms with van der Waals surface area (Å²) in [6.07, 6.45) is 0. The first-order valence-electron chi connectivity index (χ1n) is 4.79. The number of benzene rings is 1. The minimum absolute atomic E-state index is 0.105. The van der Waals surface area contributed by atoms with Gasteiger partial charge in [0.05, 0.1) is 25.3 Å². The van der Waals surface area contributed by atoms with Gasteiger partial charge < -0.3 is 19.3 Å². The van der Waals surface area contributed by atoms with E-state index >= 15 is 0 Å². The molecular weight excluding hydrogens is 292 g/mol. The van der Waals surface area contributed by atoms with Gasteiger partial charge in [-0.05, 0) is 33.6 Å². The number of esters is 1. The second-order valence-electron chi connectivity index (χ2n) is 3.13. The molecule has 0 radical (unpaired) electrons. The lowest BCUT2D eigenvalue weighted by Gasteiger charge is -2.13. The average Bonchev–Trinajstić information content (AvgIpc) is 2.35. The summed E-state index contributed by atoms with van der Waals surface area (Å²) in [5.41, 5.74) is 0.680. The zero-order valence-corrected chi connectivity index (χ0v) is 11.1. The Morgan fingerprint density at radius 2 is 2.12 bits per heavy atom. The van der Waals surface area contributed by atoms with Crippen LogP contribution in [0.5, 0.6) is 11.5 Å². The highest BCUT2D eigenvalue weighted by Gasteiger charge is 2.13. The molecule has 17 heavy (non-hydrogen) atoms. The Morgan fingerprint density at radius 3 is 2.65 bits per heavy atom. The van der Waals surface area contributed by atoms with E-state index in [2.05, 4.69) is 20.7 Å². The third-order valence-electron chi connectivity index (χ3n) is 2.03. The number of hydrogen-bond donors (Lipinski definition) is 1. The number of hydrogen-bond acceptors (Lipinski definition) is 5. The molecule has 5 nitrogen and oxygen atoms in total. The fourth-order valence-electron chi connectivity index (χ4n) is 1.19. The first-order valence-corrected chi connectivity index (χ1v) is 5.58. The van der Waals surface area contributed by atoms with Crippen molar-refractivity contribution in [3.8, 4) is 11.5 Å². The fourth-order valence-corrected chi connectivity index (χ4v) is 1.80. The maximum absolute atomic E-state index is 11.0. The third kappa shape index (κ3) is 3.61. The first-order chi connectivity index (χ1) is 8.12. The monoisotopic (exact) mass is 304 g/mol. The maximum atomic E-state index is 11.0. The van der Waals surface area contributed by atoms with Crippen molar-refractivity contribution in [2.24, 2.45) is 0 Å². The van der Waals surface area contributed by atoms with Crippen LogP contribution in [0.1, 0.15) is 5.56 Å². The third-order valence-corrected chi connectivity index (χ3v) is 2.62. The van der Waals surface area contributed by atoms with Crippen molar-refractivity contribution < 1.29 is 24.1 Å². The highest BCUT2D eigenvalue weighted by Crippen LogP contribution is 2.36. The molecule has 0 amide bonds. The van der Waals surface area contributed by atoms with Gasteiger partial charge in [-0.3, -0.25) is 0 Å². The van der Waals surface area contributed by atoms with Gasteiger partial charge >= 0.3 is 5.97 Å². The number of halogens is 1. The van der Waals surface area contributed by atoms with Crippen molar-refractivity contribution in [3.63, 3.8) is 0 Å². The van der Waals surface area contributed by atoms with Crippen LogP contribution in [0.25, 0.3) is 0 Å². The summed E-state index contributed by atoms with van der Waals surface area (Å²) in [6, 6.07) is 3.33. The van der Waals surface area contributed by atoms with E-state index < -0.39 is 5.97 Å². The Kier molecular flexibility index (Phi) is 5.24. The fraction of sp³-hybridized carbons (Fsp3) is 0.364. The molecule has 0 aromatic heterocycles. The molecule has 1 N–H and O–H groups in total. The molecule has 0 aliphatic rings. The van der Waals surface area contributed by atoms with Gasteiger partial charge in [0.1, 0.15) is 0 Å². The first kappa shape index (κ1) is 13.8. The van der Waals surface area contributed by atoms with Crippen LogP contribution in [0.15, 0.2) is 16.6 Å². The van der Waals surface area contributed by atoms with Crippen molar-refractivity contribution in [2.75, 3.05) is 20.8 Å². The van der Waals surface area contributed by atoms with Crippen LogP contribution >= 0.6 is 15.9 Å². The van der Waals surface area contributed by atoms with Crippen LogP contribution in [0.4, 0.5) is 0 Å². The van der Waals surface area contributed by atoms with E-state index in [-0.39, 0.29) is 13.2 Å². The lowest BCUT2D eigenvalue weighted by molar-refractivity contribution is -0.142. The summed E-state index contributed by atoms with van der Waals surface area (Å²) in [4.78, 5) is 11.0. The molecule has 94 valence electrons. The Balaban J connectivity index is 2.93. The van der Waals surface area contributed by atoms with Gasteiger partial charge in [0.25, 0.3) is 0 Å². The second kappa shape index (κ2) is 6.46. The van der Waals surface area contributed by atoms with Crippen LogP contribution in [0.2, 0.25) is 0 Å². The second-order valence-corrected chi connectivity index (χ2v) is 3.99. The summed E-state index contributed by atoms with van der Waals surface area (Å²) >= 11 is 3.28. The zero-order valence-electron chi connectivity index (χ0n) is 9.53. The standard InChI is InChI=1S/C11H13BrO5/c1-15-9-4-7(5-13)3-8(12)11(9)17-6-10(14)16-2/h3-4,13H,5-6H2,1-2H3. The number of methoxy groups -OCH3 is 2. The molecule has 1 aromatic rings. The Morgan fingerprint density at radius 1 is 1.41 bits per heavy atom. The predicted octanol–water partition coefficient (Wildman–Crippen LogP) is 1.50. The van der Waals surface area contributed by atoms with Crippen LogP contribution < -0.4 is 9.47 Å². The van der Waals surface area contributed by atoms with E-state index in [0.29, 0.717) is 21.5 Å². The number of ether oxygens (including phenoxy) is 3. The molecule has 0 aliphatic heterocycles. The highest BCUT2D eigenvalue weighted by molar-refractivity contribution is 9.10. The number of aliphatic hydroxyl groups is 1. The average molecular weight is 305 g/mol. The van der Waals surface area contributed by atoms with Gasteiger partial charge in [0, 0.05) is 0 Å². The number of carbonyl (C=O) groups excluding carboxylic acids is 1. The largest absolute Gasteiger partial charge is 0.493 e. The van der Waals surface area contributed by atoms with Crippen molar-refractivity contribution in [3.05, 3.63) is 22.2 Å². The van der Waals surface area contributed by atoms with Crippen LogP contribution in [-0.4, -0.2) is 31.9 Å². The van der Waals surface area contributed by atoms with E-state index in [1.165, 1.54) is 14.2 Å². The van der Waals surface area contributed by atoms with Gasteiger partial charge in [0.15, 0.2) is 18.1 Å². The van der Waals surface area contributed by atoms with Crippen LogP contribution in [0, 0.1) is 0 Å². The number of carbonyl (C=O) groups is 1. The maximum Gasteiger partial charge on any atom is 0.343 e. The van der Waals surface area contributed by atoms with Crippen LogP contribution in [0.3, 0.4) is 0 Å². The van der Waals surface area contributed by atoms with Crippen LogP contribution in [-0.2, 0) is 16.1 Å². The molecule has 0 spiro atoms. The van der Waals surface area contributed by atoms with Gasteiger partial charge in [0.2, 0.25) is 0 Å². The van der Waals surface area contributed by atoms with Gasteiger partial charge in [-0.2, -0.15) is 0 Å². The topological polar surface area (TPSA) is 65.0 Å². The van der Waals surface area contributed by atoms with Crippen molar-refractivity contribution >= 4 is 21.9 Å². The summed E-state index contributed by atoms with van der Waals surface area (Å²) in [5.74, 6) is 0.354. The molecular formula is C11H13BrO5. The molecule has 0 heterocycles. The molecule has 0 saturated heterocycles. The van der Waals surface area contributed by atoms with Crippen molar-refractivity contribution in [1.29, 1.82) is 0 Å². The summed E-state index contributed by atoms with van der Waals surface area (Å²) in [7, 11) is 2.76. The van der Waals surface area contributed by atoms with Crippen molar-refractivity contribution in [2.45, 2.75) is 6.61 Å². The quantitative estimate of drug-likeness (QED) is 0.835. The number of rotatable bonds is 5. The lowest BCUT2D eigenvalue weighted by atomic mass is 10.2. The highest BCUT2D eigenvalue weighted by atomic mass is 79.9. The smallest absolute Gasteiger partial charge is 0.343 e. The van der Waals surface area contributed by atoms with E-state index in [0.717, 1.165) is 0 Å². The van der Waals surface area contributed by atoms with Gasteiger partial charge in [-0.25, -0.2) is 4.79 Å². The molecule has 0 saturated carbocycles. The molecule has 1 rings (SSSR count). The zero-order chi connectivity index (χ0) is 12.8. The Bertz CT molecular complexity index is 405. The molecule has 6 heteroatoms. The SMILES string of the molecule is COC(=O)COc1c(Br)cc(CO)cc1OC. The van der Waals surface area contributed by atoms with Crippen molar-refractivity contribution in [1.82, 2.24) is 0 Å². The summed E-state index contributed by atoms with van der Waals surface area (Å²) in [6.45, 7) is -0.309. The number of aliphatic hydroxyl groups excluding tert-OH is 1. The van der Waals surface area contributed by atoms with E-state index in [9.17, 15) is 4.79 Å². The Hall–Kier alpha value is -1.27. The Labute approximate surface area is 107 Å². The predicted molar refractivity (Wildman–Crippen MR) is 64.1 cm³/mol. The molecule has 0 bridgehead atoms. The lowest BCUT2D eigenvalue weighted by Crippen LogP contribution is -2.13. The van der Waals surface area contributed by atoms with E-state index in [1.54, 1.807) is 12.1 Å². The van der Waals surface area contributed by atoms with E-state index in [4.69, 9.17) is 14.6 Å². The minimum atomic E-state index is -0.481. The summed E-state index contributed by atoms with van der Waals surface area (Å²) in [5, 5.41) is 9.04. The van der Waals surface area contributed by atoms with E-state index in [1.807, 2.05) is 0 Å².